The van der Waals surface area contributed by atoms with E-state index < -0.39 is 28.4 Å². The Morgan fingerprint density at radius 3 is 2.48 bits per heavy atom. The zero-order valence-corrected chi connectivity index (χ0v) is 17.4. The Balaban J connectivity index is 2.13. The molecule has 1 aliphatic heterocycles. The number of hydrogen-bond donors (Lipinski definition) is 1. The first-order valence-electron chi connectivity index (χ1n) is 10.1. The fourth-order valence-electron chi connectivity index (χ4n) is 3.70. The summed E-state index contributed by atoms with van der Waals surface area (Å²) in [5.74, 6) is -1.31. The van der Waals surface area contributed by atoms with E-state index in [-0.39, 0.29) is 16.8 Å². The minimum Gasteiger partial charge on any atom is -0.507 e. The predicted octanol–water partition coefficient (Wildman–Crippen LogP) is 4.22. The molecular formula is C23H24N2O6. The molecule has 1 atom stereocenters. The molecule has 1 saturated heterocycles. The van der Waals surface area contributed by atoms with Crippen LogP contribution in [0.3, 0.4) is 0 Å². The molecule has 0 aliphatic carbocycles. The summed E-state index contributed by atoms with van der Waals surface area (Å²) in [5.41, 5.74) is 0.456. The minimum absolute atomic E-state index is 0.0767. The Kier molecular flexibility index (Phi) is 6.69. The van der Waals surface area contributed by atoms with Crippen molar-refractivity contribution in [1.82, 2.24) is 4.90 Å². The van der Waals surface area contributed by atoms with Crippen LogP contribution in [0.5, 0.6) is 5.75 Å². The average Bonchev–Trinajstić information content (AvgIpc) is 3.04. The average molecular weight is 424 g/mol. The van der Waals surface area contributed by atoms with Gasteiger partial charge in [0.15, 0.2) is 0 Å². The number of carbonyl (C=O) groups is 2. The largest absolute Gasteiger partial charge is 0.507 e. The van der Waals surface area contributed by atoms with Gasteiger partial charge in [0.25, 0.3) is 17.4 Å². The van der Waals surface area contributed by atoms with Crippen LogP contribution in [0.2, 0.25) is 0 Å². The van der Waals surface area contributed by atoms with E-state index in [1.165, 1.54) is 36.3 Å². The van der Waals surface area contributed by atoms with Crippen LogP contribution in [0.15, 0.2) is 54.1 Å². The number of Topliss-reactive ketones (excluding diaryl/α,β-unsaturated/α-hetero) is 1. The van der Waals surface area contributed by atoms with Gasteiger partial charge in [-0.1, -0.05) is 44.0 Å². The maximum absolute atomic E-state index is 12.9. The lowest BCUT2D eigenvalue weighted by Crippen LogP contribution is -2.30. The van der Waals surface area contributed by atoms with E-state index in [0.29, 0.717) is 24.3 Å². The fourth-order valence-corrected chi connectivity index (χ4v) is 3.70. The number of hydrogen-bond acceptors (Lipinski definition) is 6. The predicted molar refractivity (Wildman–Crippen MR) is 115 cm³/mol. The van der Waals surface area contributed by atoms with Crippen molar-refractivity contribution in [2.24, 2.45) is 0 Å². The number of unbranched alkanes of at least 4 members (excludes halogenated alkanes) is 2. The van der Waals surface area contributed by atoms with Crippen LogP contribution < -0.4 is 4.74 Å². The van der Waals surface area contributed by atoms with E-state index in [4.69, 9.17) is 4.74 Å². The number of ketones is 1. The van der Waals surface area contributed by atoms with Gasteiger partial charge in [-0.15, -0.1) is 0 Å². The zero-order valence-electron chi connectivity index (χ0n) is 17.4. The first-order chi connectivity index (χ1) is 14.9. The third-order valence-corrected chi connectivity index (χ3v) is 5.30. The molecule has 162 valence electrons. The molecule has 0 saturated carbocycles. The highest BCUT2D eigenvalue weighted by atomic mass is 16.6. The Labute approximate surface area is 179 Å². The zero-order chi connectivity index (χ0) is 22.5. The number of aliphatic hydroxyl groups is 1. The molecule has 31 heavy (non-hydrogen) atoms. The summed E-state index contributed by atoms with van der Waals surface area (Å²) in [4.78, 5) is 37.8. The van der Waals surface area contributed by atoms with Gasteiger partial charge >= 0.3 is 0 Å². The van der Waals surface area contributed by atoms with Crippen LogP contribution in [0.4, 0.5) is 5.69 Å². The first-order valence-corrected chi connectivity index (χ1v) is 10.1. The van der Waals surface area contributed by atoms with Gasteiger partial charge in [0.1, 0.15) is 11.5 Å². The third-order valence-electron chi connectivity index (χ3n) is 5.30. The van der Waals surface area contributed by atoms with Gasteiger partial charge in [0, 0.05) is 24.2 Å². The monoisotopic (exact) mass is 424 g/mol. The molecule has 0 radical (unpaired) electrons. The van der Waals surface area contributed by atoms with E-state index in [1.54, 1.807) is 24.3 Å². The highest BCUT2D eigenvalue weighted by molar-refractivity contribution is 6.46. The Morgan fingerprint density at radius 2 is 1.87 bits per heavy atom. The van der Waals surface area contributed by atoms with Gasteiger partial charge in [0.2, 0.25) is 0 Å². The van der Waals surface area contributed by atoms with Crippen LogP contribution in [0.25, 0.3) is 5.76 Å². The minimum atomic E-state index is -0.804. The molecule has 1 N–H and O–H groups in total. The summed E-state index contributed by atoms with van der Waals surface area (Å²) in [5, 5.41) is 22.1. The lowest BCUT2D eigenvalue weighted by atomic mass is 9.95. The summed E-state index contributed by atoms with van der Waals surface area (Å²) in [6, 6.07) is 11.5. The topological polar surface area (TPSA) is 110 Å². The van der Waals surface area contributed by atoms with Gasteiger partial charge in [-0.25, -0.2) is 0 Å². The van der Waals surface area contributed by atoms with Crippen LogP contribution in [-0.2, 0) is 9.59 Å². The SMILES string of the molecule is CCCCCN1C(=O)C(=O)/C(=C(\O)c2cccc([N+](=O)[O-])c2)C1c1ccc(OC)cc1. The number of rotatable bonds is 8. The molecule has 8 nitrogen and oxygen atoms in total. The Bertz CT molecular complexity index is 1030. The number of ether oxygens (including phenoxy) is 1. The van der Waals surface area contributed by atoms with Gasteiger partial charge in [-0.2, -0.15) is 0 Å². The molecule has 1 amide bonds. The second-order valence-corrected chi connectivity index (χ2v) is 7.28. The molecule has 2 aromatic carbocycles. The number of non-ortho nitro benzene ring substituents is 1. The van der Waals surface area contributed by atoms with Gasteiger partial charge in [-0.05, 0) is 24.1 Å². The van der Waals surface area contributed by atoms with Gasteiger partial charge in [0.05, 0.1) is 23.6 Å². The lowest BCUT2D eigenvalue weighted by Gasteiger charge is -2.25. The van der Waals surface area contributed by atoms with E-state index in [2.05, 4.69) is 0 Å². The quantitative estimate of drug-likeness (QED) is 0.170. The third kappa shape index (κ3) is 4.42. The molecule has 1 heterocycles. The number of amides is 1. The summed E-state index contributed by atoms with van der Waals surface area (Å²) >= 11 is 0. The Hall–Kier alpha value is -3.68. The molecule has 2 aromatic rings. The smallest absolute Gasteiger partial charge is 0.295 e. The number of benzene rings is 2. The second kappa shape index (κ2) is 9.42. The first kappa shape index (κ1) is 22.0. The number of aliphatic hydroxyl groups excluding tert-OH is 1. The van der Waals surface area contributed by atoms with Crippen molar-refractivity contribution in [3.8, 4) is 5.75 Å². The molecule has 0 spiro atoms. The second-order valence-electron chi connectivity index (χ2n) is 7.28. The highest BCUT2D eigenvalue weighted by Crippen LogP contribution is 2.40. The van der Waals surface area contributed by atoms with Crippen molar-refractivity contribution in [2.45, 2.75) is 32.2 Å². The van der Waals surface area contributed by atoms with E-state index in [0.717, 1.165) is 12.8 Å². The Morgan fingerprint density at radius 1 is 1.16 bits per heavy atom. The number of methoxy groups -OCH3 is 1. The van der Waals surface area contributed by atoms with Crippen molar-refractivity contribution in [1.29, 1.82) is 0 Å². The number of nitro benzene ring substituents is 1. The molecule has 1 aliphatic rings. The van der Waals surface area contributed by atoms with E-state index in [1.807, 2.05) is 6.92 Å². The number of nitrogens with zero attached hydrogens (tertiary/aromatic N) is 2. The van der Waals surface area contributed by atoms with Gasteiger partial charge in [-0.3, -0.25) is 19.7 Å². The highest BCUT2D eigenvalue weighted by Gasteiger charge is 2.45. The summed E-state index contributed by atoms with van der Waals surface area (Å²) in [6.45, 7) is 2.40. The summed E-state index contributed by atoms with van der Waals surface area (Å²) in [7, 11) is 1.54. The molecule has 8 heteroatoms. The molecule has 1 fully saturated rings. The number of likely N-dealkylation sites (tertiary alicyclic amines) is 1. The number of nitro groups is 1. The van der Waals surface area contributed by atoms with Crippen LogP contribution in [0, 0.1) is 10.1 Å². The van der Waals surface area contributed by atoms with E-state index in [9.17, 15) is 24.8 Å². The van der Waals surface area contributed by atoms with Crippen molar-refractivity contribution >= 4 is 23.1 Å². The lowest BCUT2D eigenvalue weighted by molar-refractivity contribution is -0.384. The normalized spacial score (nSPS) is 17.7. The maximum atomic E-state index is 12.9. The van der Waals surface area contributed by atoms with Crippen LogP contribution in [0.1, 0.15) is 43.4 Å². The molecular weight excluding hydrogens is 400 g/mol. The molecule has 3 rings (SSSR count). The van der Waals surface area contributed by atoms with Crippen molar-refractivity contribution < 1.29 is 24.4 Å². The maximum Gasteiger partial charge on any atom is 0.295 e. The van der Waals surface area contributed by atoms with Crippen LogP contribution >= 0.6 is 0 Å². The van der Waals surface area contributed by atoms with Crippen molar-refractivity contribution in [3.63, 3.8) is 0 Å². The standard InChI is InChI=1S/C23H24N2O6/c1-3-4-5-13-24-20(15-9-11-18(31-2)12-10-15)19(22(27)23(24)28)21(26)16-7-6-8-17(14-16)25(29)30/h6-12,14,20,26H,3-5,13H2,1-2H3/b21-19-. The van der Waals surface area contributed by atoms with Crippen LogP contribution in [-0.4, -0.2) is 40.3 Å². The summed E-state index contributed by atoms with van der Waals surface area (Å²) < 4.78 is 5.19. The van der Waals surface area contributed by atoms with Crippen molar-refractivity contribution in [3.05, 3.63) is 75.3 Å². The molecule has 0 aromatic heterocycles. The molecule has 1 unspecified atom stereocenters. The van der Waals surface area contributed by atoms with Crippen molar-refractivity contribution in [2.75, 3.05) is 13.7 Å². The molecule has 0 bridgehead atoms. The summed E-state index contributed by atoms with van der Waals surface area (Å²) in [6.07, 6.45) is 2.56. The number of carbonyl (C=O) groups excluding carboxylic acids is 2. The van der Waals surface area contributed by atoms with Gasteiger partial charge < -0.3 is 14.7 Å². The van der Waals surface area contributed by atoms with E-state index >= 15 is 0 Å². The fraction of sp³-hybridized carbons (Fsp3) is 0.304.